The number of aliphatic imine (C=N–C) groups is 1. The summed E-state index contributed by atoms with van der Waals surface area (Å²) in [6.45, 7) is 2.07. The van der Waals surface area contributed by atoms with Gasteiger partial charge in [0.05, 0.1) is 7.11 Å². The molecule has 0 saturated heterocycles. The Morgan fingerprint density at radius 2 is 2.04 bits per heavy atom. The number of aryl methyl sites for hydroxylation is 2. The number of nitrogens with one attached hydrogen (secondary N) is 1. The predicted octanol–water partition coefficient (Wildman–Crippen LogP) is 4.41. The van der Waals surface area contributed by atoms with Crippen LogP contribution in [0, 0.1) is 0 Å². The molecule has 26 heavy (non-hydrogen) atoms. The lowest BCUT2D eigenvalue weighted by atomic mass is 10.1. The number of amidine groups is 1. The minimum absolute atomic E-state index is 0.167. The standard InChI is InChI=1S/C21H21ClN2O2/c1-3-16-11-15(7-9-19(16)26-2)13-18-21(25)24-20(23-18)10-8-14-5-4-6-17(22)12-14/h4-7,9,11-13H,3,8,10H2,1-2H3,(H,23,24,25)/b18-13+. The van der Waals surface area contributed by atoms with E-state index in [0.717, 1.165) is 35.3 Å². The topological polar surface area (TPSA) is 50.7 Å². The number of benzene rings is 2. The highest BCUT2D eigenvalue weighted by Gasteiger charge is 2.19. The molecule has 0 radical (unpaired) electrons. The van der Waals surface area contributed by atoms with Crippen LogP contribution in [0.5, 0.6) is 5.75 Å². The highest BCUT2D eigenvalue weighted by Crippen LogP contribution is 2.23. The molecule has 1 heterocycles. The maximum Gasteiger partial charge on any atom is 0.275 e. The van der Waals surface area contributed by atoms with Crippen molar-refractivity contribution in [1.82, 2.24) is 5.32 Å². The second-order valence-electron chi connectivity index (χ2n) is 6.10. The number of ether oxygens (including phenoxy) is 1. The fraction of sp³-hybridized carbons (Fsp3) is 0.238. The Morgan fingerprint density at radius 3 is 2.77 bits per heavy atom. The molecule has 0 unspecified atom stereocenters. The van der Waals surface area contributed by atoms with Crippen LogP contribution in [-0.4, -0.2) is 18.9 Å². The molecule has 1 aliphatic rings. The molecule has 3 rings (SSSR count). The first-order chi connectivity index (χ1) is 12.6. The van der Waals surface area contributed by atoms with E-state index in [1.807, 2.05) is 42.5 Å². The second-order valence-corrected chi connectivity index (χ2v) is 6.53. The number of carbonyl (C=O) groups excluding carboxylic acids is 1. The number of hydrogen-bond acceptors (Lipinski definition) is 3. The van der Waals surface area contributed by atoms with E-state index in [-0.39, 0.29) is 5.91 Å². The molecular formula is C21H21ClN2O2. The number of methoxy groups -OCH3 is 1. The summed E-state index contributed by atoms with van der Waals surface area (Å²) in [5.41, 5.74) is 3.59. The van der Waals surface area contributed by atoms with Crippen LogP contribution < -0.4 is 10.1 Å². The molecule has 5 heteroatoms. The number of carbonyl (C=O) groups is 1. The average Bonchev–Trinajstić information content (AvgIpc) is 2.99. The maximum absolute atomic E-state index is 12.2. The minimum atomic E-state index is -0.167. The number of halogens is 1. The molecule has 0 spiro atoms. The van der Waals surface area contributed by atoms with E-state index in [9.17, 15) is 4.79 Å². The molecule has 4 nitrogen and oxygen atoms in total. The van der Waals surface area contributed by atoms with E-state index in [2.05, 4.69) is 17.2 Å². The summed E-state index contributed by atoms with van der Waals surface area (Å²) in [6.07, 6.45) is 4.10. The van der Waals surface area contributed by atoms with Crippen molar-refractivity contribution in [3.05, 3.63) is 69.9 Å². The molecular weight excluding hydrogens is 348 g/mol. The Bertz CT molecular complexity index is 887. The normalized spacial score (nSPS) is 15.1. The Balaban J connectivity index is 1.74. The van der Waals surface area contributed by atoms with Crippen molar-refractivity contribution >= 4 is 29.4 Å². The van der Waals surface area contributed by atoms with E-state index in [0.29, 0.717) is 23.0 Å². The van der Waals surface area contributed by atoms with Gasteiger partial charge in [0, 0.05) is 11.4 Å². The lowest BCUT2D eigenvalue weighted by molar-refractivity contribution is -0.115. The summed E-state index contributed by atoms with van der Waals surface area (Å²) in [5, 5.41) is 3.56. The van der Waals surface area contributed by atoms with Gasteiger partial charge in [-0.05, 0) is 59.9 Å². The van der Waals surface area contributed by atoms with Gasteiger partial charge in [-0.3, -0.25) is 4.79 Å². The molecule has 134 valence electrons. The summed E-state index contributed by atoms with van der Waals surface area (Å²) in [7, 11) is 1.66. The minimum Gasteiger partial charge on any atom is -0.496 e. The predicted molar refractivity (Wildman–Crippen MR) is 106 cm³/mol. The zero-order valence-corrected chi connectivity index (χ0v) is 15.6. The van der Waals surface area contributed by atoms with Crippen molar-refractivity contribution in [1.29, 1.82) is 0 Å². The molecule has 2 aromatic carbocycles. The second kappa shape index (κ2) is 8.19. The van der Waals surface area contributed by atoms with Crippen LogP contribution >= 0.6 is 11.6 Å². The number of hydrogen-bond donors (Lipinski definition) is 1. The fourth-order valence-electron chi connectivity index (χ4n) is 2.91. The molecule has 0 atom stereocenters. The van der Waals surface area contributed by atoms with Crippen LogP contribution in [0.25, 0.3) is 6.08 Å². The largest absolute Gasteiger partial charge is 0.496 e. The van der Waals surface area contributed by atoms with Crippen LogP contribution in [0.4, 0.5) is 0 Å². The van der Waals surface area contributed by atoms with Crippen LogP contribution in [0.2, 0.25) is 5.02 Å². The number of amides is 1. The Kier molecular flexibility index (Phi) is 5.74. The van der Waals surface area contributed by atoms with Crippen molar-refractivity contribution in [2.45, 2.75) is 26.2 Å². The summed E-state index contributed by atoms with van der Waals surface area (Å²) in [5.74, 6) is 1.38. The van der Waals surface area contributed by atoms with Crippen molar-refractivity contribution in [3.63, 3.8) is 0 Å². The summed E-state index contributed by atoms with van der Waals surface area (Å²) in [4.78, 5) is 16.6. The molecule has 1 amide bonds. The monoisotopic (exact) mass is 368 g/mol. The zero-order chi connectivity index (χ0) is 18.5. The van der Waals surface area contributed by atoms with Gasteiger partial charge >= 0.3 is 0 Å². The summed E-state index contributed by atoms with van der Waals surface area (Å²) >= 11 is 6.01. The van der Waals surface area contributed by atoms with Crippen molar-refractivity contribution in [2.24, 2.45) is 4.99 Å². The van der Waals surface area contributed by atoms with Gasteiger partial charge in [0.25, 0.3) is 5.91 Å². The van der Waals surface area contributed by atoms with Gasteiger partial charge in [-0.2, -0.15) is 0 Å². The van der Waals surface area contributed by atoms with Gasteiger partial charge in [-0.15, -0.1) is 0 Å². The van der Waals surface area contributed by atoms with Crippen LogP contribution in [0.1, 0.15) is 30.0 Å². The average molecular weight is 369 g/mol. The van der Waals surface area contributed by atoms with Crippen LogP contribution in [0.15, 0.2) is 53.2 Å². The summed E-state index contributed by atoms with van der Waals surface area (Å²) in [6, 6.07) is 13.6. The lowest BCUT2D eigenvalue weighted by Gasteiger charge is -2.07. The third-order valence-corrected chi connectivity index (χ3v) is 4.51. The Hall–Kier alpha value is -2.59. The highest BCUT2D eigenvalue weighted by molar-refractivity contribution is 6.30. The SMILES string of the molecule is CCc1cc(/C=C2/N=C(CCc3cccc(Cl)c3)NC2=O)ccc1OC. The van der Waals surface area contributed by atoms with E-state index in [1.54, 1.807) is 13.2 Å². The molecule has 1 aliphatic heterocycles. The Labute approximate surface area is 158 Å². The van der Waals surface area contributed by atoms with E-state index in [4.69, 9.17) is 16.3 Å². The van der Waals surface area contributed by atoms with Crippen molar-refractivity contribution in [2.75, 3.05) is 7.11 Å². The van der Waals surface area contributed by atoms with E-state index >= 15 is 0 Å². The van der Waals surface area contributed by atoms with Crippen molar-refractivity contribution in [3.8, 4) is 5.75 Å². The quantitative estimate of drug-likeness (QED) is 0.767. The van der Waals surface area contributed by atoms with Gasteiger partial charge in [-0.1, -0.05) is 36.7 Å². The van der Waals surface area contributed by atoms with E-state index in [1.165, 1.54) is 0 Å². The van der Waals surface area contributed by atoms with Gasteiger partial charge < -0.3 is 10.1 Å². The van der Waals surface area contributed by atoms with Gasteiger partial charge in [0.2, 0.25) is 0 Å². The molecule has 0 fully saturated rings. The molecule has 0 aromatic heterocycles. The zero-order valence-electron chi connectivity index (χ0n) is 14.9. The van der Waals surface area contributed by atoms with Gasteiger partial charge in [0.15, 0.2) is 0 Å². The van der Waals surface area contributed by atoms with E-state index < -0.39 is 0 Å². The van der Waals surface area contributed by atoms with Crippen LogP contribution in [-0.2, 0) is 17.6 Å². The van der Waals surface area contributed by atoms with Gasteiger partial charge in [-0.25, -0.2) is 4.99 Å². The Morgan fingerprint density at radius 1 is 1.19 bits per heavy atom. The lowest BCUT2D eigenvalue weighted by Crippen LogP contribution is -2.24. The first kappa shape index (κ1) is 18.2. The van der Waals surface area contributed by atoms with Gasteiger partial charge in [0.1, 0.15) is 17.3 Å². The first-order valence-electron chi connectivity index (χ1n) is 8.61. The highest BCUT2D eigenvalue weighted by atomic mass is 35.5. The summed E-state index contributed by atoms with van der Waals surface area (Å²) < 4.78 is 5.34. The maximum atomic E-state index is 12.2. The third kappa shape index (κ3) is 4.33. The third-order valence-electron chi connectivity index (χ3n) is 4.27. The number of rotatable bonds is 6. The molecule has 1 N–H and O–H groups in total. The molecule has 2 aromatic rings. The molecule has 0 bridgehead atoms. The smallest absolute Gasteiger partial charge is 0.275 e. The number of nitrogens with zero attached hydrogens (tertiary/aromatic N) is 1. The first-order valence-corrected chi connectivity index (χ1v) is 8.99. The molecule has 0 aliphatic carbocycles. The fourth-order valence-corrected chi connectivity index (χ4v) is 3.13. The van der Waals surface area contributed by atoms with Crippen LogP contribution in [0.3, 0.4) is 0 Å². The van der Waals surface area contributed by atoms with Crippen molar-refractivity contribution < 1.29 is 9.53 Å². The molecule has 0 saturated carbocycles.